The summed E-state index contributed by atoms with van der Waals surface area (Å²) in [5.41, 5.74) is 0. The predicted octanol–water partition coefficient (Wildman–Crippen LogP) is 6.19. The summed E-state index contributed by atoms with van der Waals surface area (Å²) in [4.78, 5) is 11.8. The summed E-state index contributed by atoms with van der Waals surface area (Å²) >= 11 is 20.7. The van der Waals surface area contributed by atoms with Crippen molar-refractivity contribution in [2.24, 2.45) is 0 Å². The first-order valence-corrected chi connectivity index (χ1v) is 9.56. The molecule has 9 heteroatoms. The van der Waals surface area contributed by atoms with Crippen LogP contribution in [0.25, 0.3) is 0 Å². The van der Waals surface area contributed by atoms with Crippen molar-refractivity contribution in [1.82, 2.24) is 0 Å². The van der Waals surface area contributed by atoms with Gasteiger partial charge in [-0.15, -0.1) is 22.7 Å². The zero-order chi connectivity index (χ0) is 15.4. The number of halogens is 4. The molecule has 1 aliphatic heterocycles. The fraction of sp³-hybridized carbons (Fsp3) is 0.250. The van der Waals surface area contributed by atoms with E-state index in [9.17, 15) is 4.79 Å². The van der Waals surface area contributed by atoms with Crippen molar-refractivity contribution in [2.45, 2.75) is 6.29 Å². The van der Waals surface area contributed by atoms with E-state index in [1.165, 1.54) is 22.7 Å². The van der Waals surface area contributed by atoms with Gasteiger partial charge in [-0.1, -0.05) is 23.2 Å². The fourth-order valence-corrected chi connectivity index (χ4v) is 4.71. The lowest BCUT2D eigenvalue weighted by molar-refractivity contribution is -0.0413. The third-order valence-electron chi connectivity index (χ3n) is 2.30. The van der Waals surface area contributed by atoms with Gasteiger partial charge in [-0.2, -0.15) is 0 Å². The number of thiophene rings is 2. The summed E-state index contributed by atoms with van der Waals surface area (Å²) < 4.78 is 13.7. The number of rotatable bonds is 2. The van der Waals surface area contributed by atoms with E-state index in [-0.39, 0.29) is 6.29 Å². The molecule has 0 unspecified atom stereocenters. The minimum absolute atomic E-state index is 0.209. The lowest BCUT2D eigenvalue weighted by Crippen LogP contribution is -1.93. The Morgan fingerprint density at radius 1 is 1.10 bits per heavy atom. The van der Waals surface area contributed by atoms with E-state index in [1.807, 2.05) is 6.07 Å². The summed E-state index contributed by atoms with van der Waals surface area (Å²) in [6.45, 7) is 1.33. The number of carbonyl (C=O) groups is 1. The highest BCUT2D eigenvalue weighted by atomic mass is 79.9. The van der Waals surface area contributed by atoms with Crippen molar-refractivity contribution in [2.75, 3.05) is 13.2 Å². The molecular formula is C12H8Br2Cl2O3S2. The van der Waals surface area contributed by atoms with Crippen molar-refractivity contribution in [3.63, 3.8) is 0 Å². The average Bonchev–Trinajstić information content (AvgIpc) is 3.15. The molecule has 1 fully saturated rings. The zero-order valence-electron chi connectivity index (χ0n) is 10.3. The summed E-state index contributed by atoms with van der Waals surface area (Å²) in [6.07, 6.45) is 0.570. The SMILES string of the molecule is Clc1sc(C2OCCO2)cc1Br.O=Cc1cc(Br)c(Cl)s1. The van der Waals surface area contributed by atoms with Gasteiger partial charge in [-0.25, -0.2) is 0 Å². The number of hydrogen-bond acceptors (Lipinski definition) is 5. The van der Waals surface area contributed by atoms with Gasteiger partial charge < -0.3 is 9.47 Å². The summed E-state index contributed by atoms with van der Waals surface area (Å²) in [6, 6.07) is 3.63. The molecule has 0 saturated carbocycles. The minimum Gasteiger partial charge on any atom is -0.345 e. The molecular weight excluding hydrogens is 487 g/mol. The maximum Gasteiger partial charge on any atom is 0.193 e. The molecule has 114 valence electrons. The van der Waals surface area contributed by atoms with E-state index in [0.717, 1.165) is 24.4 Å². The molecule has 1 saturated heterocycles. The van der Waals surface area contributed by atoms with Gasteiger partial charge in [0.15, 0.2) is 12.6 Å². The smallest absolute Gasteiger partial charge is 0.193 e. The number of hydrogen-bond donors (Lipinski definition) is 0. The molecule has 3 heterocycles. The van der Waals surface area contributed by atoms with E-state index in [1.54, 1.807) is 6.07 Å². The van der Waals surface area contributed by atoms with Crippen LogP contribution in [-0.4, -0.2) is 19.5 Å². The monoisotopic (exact) mass is 492 g/mol. The fourth-order valence-electron chi connectivity index (χ4n) is 1.42. The molecule has 3 rings (SSSR count). The molecule has 0 N–H and O–H groups in total. The summed E-state index contributed by atoms with van der Waals surface area (Å²) in [5, 5.41) is 0. The van der Waals surface area contributed by atoms with E-state index >= 15 is 0 Å². The number of ether oxygens (including phenoxy) is 2. The first-order chi connectivity index (χ1) is 10.0. The Morgan fingerprint density at radius 3 is 2.05 bits per heavy atom. The van der Waals surface area contributed by atoms with Crippen LogP contribution in [0.5, 0.6) is 0 Å². The average molecular weight is 495 g/mol. The molecule has 0 aromatic carbocycles. The van der Waals surface area contributed by atoms with Crippen LogP contribution in [0.1, 0.15) is 20.8 Å². The Balaban J connectivity index is 0.000000161. The van der Waals surface area contributed by atoms with Gasteiger partial charge in [0.2, 0.25) is 0 Å². The molecule has 3 nitrogen and oxygen atoms in total. The largest absolute Gasteiger partial charge is 0.345 e. The highest BCUT2D eigenvalue weighted by Crippen LogP contribution is 2.37. The Hall–Kier alpha value is 0.530. The zero-order valence-corrected chi connectivity index (χ0v) is 16.6. The van der Waals surface area contributed by atoms with Crippen LogP contribution in [0, 0.1) is 0 Å². The van der Waals surface area contributed by atoms with Crippen LogP contribution in [0.3, 0.4) is 0 Å². The van der Waals surface area contributed by atoms with Crippen LogP contribution in [0.4, 0.5) is 0 Å². The molecule has 0 amide bonds. The van der Waals surface area contributed by atoms with Crippen molar-refractivity contribution < 1.29 is 14.3 Å². The molecule has 21 heavy (non-hydrogen) atoms. The Labute approximate surface area is 156 Å². The van der Waals surface area contributed by atoms with E-state index < -0.39 is 0 Å². The van der Waals surface area contributed by atoms with Gasteiger partial charge in [-0.3, -0.25) is 4.79 Å². The van der Waals surface area contributed by atoms with E-state index in [4.69, 9.17) is 32.7 Å². The van der Waals surface area contributed by atoms with Crippen LogP contribution in [-0.2, 0) is 9.47 Å². The van der Waals surface area contributed by atoms with Crippen molar-refractivity contribution in [3.05, 3.63) is 39.5 Å². The van der Waals surface area contributed by atoms with Crippen molar-refractivity contribution in [1.29, 1.82) is 0 Å². The molecule has 0 radical (unpaired) electrons. The van der Waals surface area contributed by atoms with Gasteiger partial charge in [0, 0.05) is 8.95 Å². The van der Waals surface area contributed by atoms with E-state index in [2.05, 4.69) is 31.9 Å². The molecule has 2 aromatic heterocycles. The number of aldehydes is 1. The first kappa shape index (κ1) is 17.9. The van der Waals surface area contributed by atoms with Crippen LogP contribution in [0.2, 0.25) is 8.67 Å². The highest BCUT2D eigenvalue weighted by Gasteiger charge is 2.21. The molecule has 2 aromatic rings. The predicted molar refractivity (Wildman–Crippen MR) is 94.1 cm³/mol. The molecule has 0 atom stereocenters. The van der Waals surface area contributed by atoms with Gasteiger partial charge in [0.05, 0.1) is 23.0 Å². The second-order valence-corrected chi connectivity index (χ2v) is 8.81. The highest BCUT2D eigenvalue weighted by molar-refractivity contribution is 9.11. The van der Waals surface area contributed by atoms with Gasteiger partial charge in [0.1, 0.15) is 8.67 Å². The van der Waals surface area contributed by atoms with Gasteiger partial charge >= 0.3 is 0 Å². The Morgan fingerprint density at radius 2 is 1.67 bits per heavy atom. The third kappa shape index (κ3) is 5.00. The van der Waals surface area contributed by atoms with Crippen LogP contribution >= 0.6 is 77.7 Å². The molecule has 0 spiro atoms. The van der Waals surface area contributed by atoms with E-state index in [0.29, 0.717) is 22.4 Å². The summed E-state index contributed by atoms with van der Waals surface area (Å²) in [5.74, 6) is 0. The normalized spacial score (nSPS) is 14.9. The third-order valence-corrected chi connectivity index (χ3v) is 7.20. The lowest BCUT2D eigenvalue weighted by Gasteiger charge is -2.03. The Kier molecular flexibility index (Phi) is 7.15. The molecule has 0 bridgehead atoms. The Bertz CT molecular complexity index is 585. The standard InChI is InChI=1S/C7H6BrClO2S.C5H2BrClOS/c8-4-3-5(12-6(4)9)7-10-1-2-11-7;6-4-1-3(2-8)9-5(4)7/h3,7H,1-2H2;1-2H. The summed E-state index contributed by atoms with van der Waals surface area (Å²) in [7, 11) is 0. The van der Waals surface area contributed by atoms with Crippen molar-refractivity contribution >= 4 is 84.0 Å². The topological polar surface area (TPSA) is 35.5 Å². The minimum atomic E-state index is -0.209. The second-order valence-electron chi connectivity index (χ2n) is 3.73. The van der Waals surface area contributed by atoms with Crippen LogP contribution in [0.15, 0.2) is 21.1 Å². The maximum absolute atomic E-state index is 10.1. The second kappa shape index (κ2) is 8.40. The first-order valence-electron chi connectivity index (χ1n) is 5.59. The maximum atomic E-state index is 10.1. The molecule has 0 aliphatic carbocycles. The van der Waals surface area contributed by atoms with Gasteiger partial charge in [0.25, 0.3) is 0 Å². The lowest BCUT2D eigenvalue weighted by atomic mass is 10.5. The van der Waals surface area contributed by atoms with Gasteiger partial charge in [-0.05, 0) is 44.0 Å². The quantitative estimate of drug-likeness (QED) is 0.467. The molecule has 1 aliphatic rings. The van der Waals surface area contributed by atoms with Crippen molar-refractivity contribution in [3.8, 4) is 0 Å². The van der Waals surface area contributed by atoms with Crippen LogP contribution < -0.4 is 0 Å². The number of carbonyl (C=O) groups excluding carboxylic acids is 1.